The predicted octanol–water partition coefficient (Wildman–Crippen LogP) is 4.66. The molecule has 4 rings (SSSR count). The van der Waals surface area contributed by atoms with Crippen LogP contribution in [0.1, 0.15) is 52.9 Å². The van der Waals surface area contributed by atoms with E-state index < -0.39 is 0 Å². The van der Waals surface area contributed by atoms with Crippen LogP contribution in [0.5, 0.6) is 0 Å². The summed E-state index contributed by atoms with van der Waals surface area (Å²) >= 11 is 5.94. The lowest BCUT2D eigenvalue weighted by Crippen LogP contribution is -2.42. The second-order valence-electron chi connectivity index (χ2n) is 8.86. The molecule has 0 bridgehead atoms. The summed E-state index contributed by atoms with van der Waals surface area (Å²) < 4.78 is 10.4. The fraction of sp³-hybridized carbons (Fsp3) is 0.423. The summed E-state index contributed by atoms with van der Waals surface area (Å²) in [6.07, 6.45) is 7.27. The van der Waals surface area contributed by atoms with Crippen molar-refractivity contribution in [2.75, 3.05) is 26.9 Å². The minimum atomic E-state index is -0.222. The number of aromatic nitrogens is 1. The van der Waals surface area contributed by atoms with Gasteiger partial charge in [-0.15, -0.1) is 0 Å². The van der Waals surface area contributed by atoms with E-state index in [1.54, 1.807) is 25.4 Å². The number of halogens is 1. The molecule has 1 aromatic heterocycles. The molecule has 2 aliphatic rings. The highest BCUT2D eigenvalue weighted by Gasteiger charge is 2.40. The molecule has 8 heteroatoms. The zero-order valence-electron chi connectivity index (χ0n) is 19.5. The van der Waals surface area contributed by atoms with Crippen molar-refractivity contribution in [2.45, 2.75) is 38.3 Å². The number of carbonyl (C=O) groups excluding carboxylic acids is 2. The highest BCUT2D eigenvalue weighted by atomic mass is 35.5. The number of pyridine rings is 1. The standard InChI is InChI=1S/C26H30ClN3O4/c1-17(19-9-10-30-22(12-19)16-34-26(30)32)23-13-24(28-15-20(23)4-3-11-33-2)25(31)29-14-18-5-7-21(27)8-6-18/h3-8,13,15,17,19,22H,9-12,14,16H2,1-2H3,(H,29,31)/b4-3+/t17-,19-,22-/m0/s1. The molecule has 2 amide bonds. The SMILES string of the molecule is COC/C=C/c1cnc(C(=O)NCc2ccc(Cl)cc2)cc1[C@@H](C)[C@H]1CCN2C(=O)OC[C@@H]2C1. The Hall–Kier alpha value is -2.90. The van der Waals surface area contributed by atoms with Gasteiger partial charge in [0.05, 0.1) is 12.6 Å². The Morgan fingerprint density at radius 1 is 1.38 bits per heavy atom. The predicted molar refractivity (Wildman–Crippen MR) is 131 cm³/mol. The van der Waals surface area contributed by atoms with Gasteiger partial charge in [0.15, 0.2) is 0 Å². The summed E-state index contributed by atoms with van der Waals surface area (Å²) in [4.78, 5) is 31.0. The van der Waals surface area contributed by atoms with Crippen LogP contribution < -0.4 is 5.32 Å². The fourth-order valence-corrected chi connectivity index (χ4v) is 4.85. The first kappa shape index (κ1) is 24.2. The zero-order chi connectivity index (χ0) is 24.1. The average Bonchev–Trinajstić information content (AvgIpc) is 3.23. The third kappa shape index (κ3) is 5.59. The summed E-state index contributed by atoms with van der Waals surface area (Å²) in [5, 5.41) is 3.60. The second-order valence-corrected chi connectivity index (χ2v) is 9.30. The highest BCUT2D eigenvalue weighted by Crippen LogP contribution is 2.38. The number of rotatable bonds is 8. The Labute approximate surface area is 205 Å². The molecular formula is C26H30ClN3O4. The van der Waals surface area contributed by atoms with Crippen LogP contribution in [0.25, 0.3) is 6.08 Å². The van der Waals surface area contributed by atoms with Gasteiger partial charge >= 0.3 is 6.09 Å². The quantitative estimate of drug-likeness (QED) is 0.590. The van der Waals surface area contributed by atoms with Gasteiger partial charge in [0.1, 0.15) is 12.3 Å². The van der Waals surface area contributed by atoms with Crippen molar-refractivity contribution in [1.82, 2.24) is 15.2 Å². The number of piperidine rings is 1. The highest BCUT2D eigenvalue weighted by molar-refractivity contribution is 6.30. The lowest BCUT2D eigenvalue weighted by molar-refractivity contribution is 0.0945. The van der Waals surface area contributed by atoms with Gasteiger partial charge in [0.25, 0.3) is 5.91 Å². The lowest BCUT2D eigenvalue weighted by atomic mass is 9.78. The van der Waals surface area contributed by atoms with Gasteiger partial charge in [0.2, 0.25) is 0 Å². The fourth-order valence-electron chi connectivity index (χ4n) is 4.72. The molecule has 1 N–H and O–H groups in total. The minimum Gasteiger partial charge on any atom is -0.447 e. The van der Waals surface area contributed by atoms with Gasteiger partial charge < -0.3 is 19.7 Å². The summed E-state index contributed by atoms with van der Waals surface area (Å²) in [7, 11) is 1.65. The molecule has 2 aromatic rings. The molecule has 2 fully saturated rings. The minimum absolute atomic E-state index is 0.130. The van der Waals surface area contributed by atoms with E-state index in [1.807, 2.05) is 35.3 Å². The number of cyclic esters (lactones) is 1. The first-order chi connectivity index (χ1) is 16.5. The van der Waals surface area contributed by atoms with Gasteiger partial charge in [-0.05, 0) is 59.6 Å². The van der Waals surface area contributed by atoms with E-state index in [1.165, 1.54) is 0 Å². The summed E-state index contributed by atoms with van der Waals surface area (Å²) in [6, 6.07) is 9.41. The van der Waals surface area contributed by atoms with Crippen LogP contribution in [0.4, 0.5) is 4.79 Å². The van der Waals surface area contributed by atoms with Gasteiger partial charge in [-0.25, -0.2) is 4.79 Å². The number of benzene rings is 1. The van der Waals surface area contributed by atoms with Crippen molar-refractivity contribution in [3.8, 4) is 0 Å². The van der Waals surface area contributed by atoms with E-state index in [-0.39, 0.29) is 24.0 Å². The smallest absolute Gasteiger partial charge is 0.410 e. The van der Waals surface area contributed by atoms with E-state index in [0.717, 1.165) is 29.5 Å². The number of ether oxygens (including phenoxy) is 2. The maximum absolute atomic E-state index is 12.9. The van der Waals surface area contributed by atoms with Crippen LogP contribution in [0, 0.1) is 5.92 Å². The number of hydrogen-bond acceptors (Lipinski definition) is 5. The molecule has 180 valence electrons. The lowest BCUT2D eigenvalue weighted by Gasteiger charge is -2.36. The number of nitrogens with zero attached hydrogens (tertiary/aromatic N) is 2. The maximum Gasteiger partial charge on any atom is 0.410 e. The first-order valence-electron chi connectivity index (χ1n) is 11.6. The Morgan fingerprint density at radius 3 is 2.94 bits per heavy atom. The Balaban J connectivity index is 1.52. The van der Waals surface area contributed by atoms with E-state index in [9.17, 15) is 9.59 Å². The van der Waals surface area contributed by atoms with Gasteiger partial charge in [-0.3, -0.25) is 9.78 Å². The first-order valence-corrected chi connectivity index (χ1v) is 12.0. The van der Waals surface area contributed by atoms with Gasteiger partial charge in [-0.1, -0.05) is 42.8 Å². The van der Waals surface area contributed by atoms with Crippen LogP contribution in [-0.2, 0) is 16.0 Å². The van der Waals surface area contributed by atoms with Crippen molar-refractivity contribution in [2.24, 2.45) is 5.92 Å². The van der Waals surface area contributed by atoms with Crippen LogP contribution >= 0.6 is 11.6 Å². The molecule has 7 nitrogen and oxygen atoms in total. The molecule has 2 aliphatic heterocycles. The Kier molecular flexibility index (Phi) is 7.85. The van der Waals surface area contributed by atoms with Gasteiger partial charge in [0, 0.05) is 31.4 Å². The maximum atomic E-state index is 12.9. The topological polar surface area (TPSA) is 80.8 Å². The number of methoxy groups -OCH3 is 1. The zero-order valence-corrected chi connectivity index (χ0v) is 20.3. The number of nitrogens with one attached hydrogen (secondary N) is 1. The van der Waals surface area contributed by atoms with E-state index >= 15 is 0 Å². The van der Waals surface area contributed by atoms with Crippen LogP contribution in [0.15, 0.2) is 42.6 Å². The summed E-state index contributed by atoms with van der Waals surface area (Å²) in [5.74, 6) is 0.337. The molecule has 3 heterocycles. The monoisotopic (exact) mass is 483 g/mol. The Morgan fingerprint density at radius 2 is 2.18 bits per heavy atom. The number of hydrogen-bond donors (Lipinski definition) is 1. The van der Waals surface area contributed by atoms with E-state index in [4.69, 9.17) is 21.1 Å². The summed E-state index contributed by atoms with van der Waals surface area (Å²) in [6.45, 7) is 4.24. The molecule has 0 spiro atoms. The normalized spacial score (nSPS) is 20.8. The van der Waals surface area contributed by atoms with Crippen molar-refractivity contribution in [1.29, 1.82) is 0 Å². The van der Waals surface area contributed by atoms with Crippen LogP contribution in [-0.4, -0.2) is 54.8 Å². The Bertz CT molecular complexity index is 1060. The number of fused-ring (bicyclic) bond motifs is 1. The van der Waals surface area contributed by atoms with Crippen molar-refractivity contribution < 1.29 is 19.1 Å². The van der Waals surface area contributed by atoms with Crippen molar-refractivity contribution in [3.63, 3.8) is 0 Å². The molecule has 2 saturated heterocycles. The molecule has 3 atom stereocenters. The third-order valence-electron chi connectivity index (χ3n) is 6.72. The number of amides is 2. The van der Waals surface area contributed by atoms with Crippen LogP contribution in [0.3, 0.4) is 0 Å². The molecule has 34 heavy (non-hydrogen) atoms. The molecule has 0 aliphatic carbocycles. The van der Waals surface area contributed by atoms with Crippen molar-refractivity contribution in [3.05, 3.63) is 70.0 Å². The summed E-state index contributed by atoms with van der Waals surface area (Å²) in [5.41, 5.74) is 3.39. The molecule has 1 aromatic carbocycles. The van der Waals surface area contributed by atoms with E-state index in [2.05, 4.69) is 17.2 Å². The number of carbonyl (C=O) groups is 2. The van der Waals surface area contributed by atoms with Gasteiger partial charge in [-0.2, -0.15) is 0 Å². The van der Waals surface area contributed by atoms with E-state index in [0.29, 0.717) is 42.9 Å². The second kappa shape index (κ2) is 11.0. The van der Waals surface area contributed by atoms with Crippen LogP contribution in [0.2, 0.25) is 5.02 Å². The van der Waals surface area contributed by atoms with Crippen molar-refractivity contribution >= 4 is 29.7 Å². The third-order valence-corrected chi connectivity index (χ3v) is 6.97. The molecular weight excluding hydrogens is 454 g/mol. The molecule has 0 unspecified atom stereocenters. The largest absolute Gasteiger partial charge is 0.447 e. The average molecular weight is 484 g/mol. The molecule has 0 saturated carbocycles. The molecule has 0 radical (unpaired) electrons.